The summed E-state index contributed by atoms with van der Waals surface area (Å²) in [5.74, 6) is 0. The molecule has 30 heavy (non-hydrogen) atoms. The van der Waals surface area contributed by atoms with Crippen LogP contribution in [0.25, 0.3) is 10.6 Å². The molecule has 0 saturated heterocycles. The zero-order valence-corrected chi connectivity index (χ0v) is 17.7. The molecule has 2 aromatic heterocycles. The van der Waals surface area contributed by atoms with Crippen molar-refractivity contribution < 1.29 is 4.92 Å². The lowest BCUT2D eigenvalue weighted by molar-refractivity contribution is -0.384. The van der Waals surface area contributed by atoms with Crippen molar-refractivity contribution in [2.75, 3.05) is 0 Å². The lowest BCUT2D eigenvalue weighted by atomic mass is 9.87. The number of fused-ring (bicyclic) bond motifs is 1. The van der Waals surface area contributed by atoms with Gasteiger partial charge in [-0.15, -0.1) is 22.7 Å². The van der Waals surface area contributed by atoms with Crippen molar-refractivity contribution in [1.29, 1.82) is 0 Å². The van der Waals surface area contributed by atoms with E-state index in [0.717, 1.165) is 29.8 Å². The van der Waals surface area contributed by atoms with E-state index in [1.54, 1.807) is 29.5 Å². The molecule has 0 N–H and O–H groups in total. The van der Waals surface area contributed by atoms with Gasteiger partial charge in [-0.25, -0.2) is 4.99 Å². The minimum atomic E-state index is -0.368. The van der Waals surface area contributed by atoms with E-state index in [4.69, 9.17) is 4.99 Å². The number of hydrogen-bond donors (Lipinski definition) is 0. The number of thiazole rings is 1. The van der Waals surface area contributed by atoms with E-state index >= 15 is 0 Å². The van der Waals surface area contributed by atoms with Gasteiger partial charge in [0.15, 0.2) is 4.80 Å². The van der Waals surface area contributed by atoms with E-state index in [2.05, 4.69) is 51.7 Å². The summed E-state index contributed by atoms with van der Waals surface area (Å²) >= 11 is 3.24. The van der Waals surface area contributed by atoms with Crippen LogP contribution in [0, 0.1) is 10.1 Å². The number of aryl methyl sites for hydroxylation is 1. The molecule has 5 nitrogen and oxygen atoms in total. The Morgan fingerprint density at radius 2 is 1.87 bits per heavy atom. The molecule has 0 aliphatic heterocycles. The van der Waals surface area contributed by atoms with E-state index < -0.39 is 0 Å². The van der Waals surface area contributed by atoms with Crippen LogP contribution < -0.4 is 4.80 Å². The average Bonchev–Trinajstić information content (AvgIpc) is 3.43. The molecule has 0 amide bonds. The van der Waals surface area contributed by atoms with Crippen LogP contribution in [0.4, 0.5) is 11.4 Å². The lowest BCUT2D eigenvalue weighted by Gasteiger charge is -2.28. The summed E-state index contributed by atoms with van der Waals surface area (Å²) in [6.45, 7) is 0. The highest BCUT2D eigenvalue weighted by Gasteiger charge is 2.25. The lowest BCUT2D eigenvalue weighted by Crippen LogP contribution is -2.25. The minimum absolute atomic E-state index is 0.0270. The maximum Gasteiger partial charge on any atom is 0.294 e. The summed E-state index contributed by atoms with van der Waals surface area (Å²) < 4.78 is 2.28. The van der Waals surface area contributed by atoms with Gasteiger partial charge in [0.25, 0.3) is 5.69 Å². The Kier molecular flexibility index (Phi) is 5.06. The fourth-order valence-corrected chi connectivity index (χ4v) is 5.88. The molecular formula is C23H19N3O2S2. The molecular weight excluding hydrogens is 414 g/mol. The topological polar surface area (TPSA) is 60.4 Å². The van der Waals surface area contributed by atoms with Gasteiger partial charge in [-0.05, 0) is 47.9 Å². The third-order valence-electron chi connectivity index (χ3n) is 5.46. The van der Waals surface area contributed by atoms with Crippen molar-refractivity contribution in [2.45, 2.75) is 25.3 Å². The molecule has 4 aromatic rings. The van der Waals surface area contributed by atoms with Crippen molar-refractivity contribution in [2.24, 2.45) is 4.99 Å². The van der Waals surface area contributed by atoms with Crippen LogP contribution in [-0.2, 0) is 6.42 Å². The van der Waals surface area contributed by atoms with Crippen LogP contribution in [0.15, 0.2) is 76.4 Å². The van der Waals surface area contributed by atoms with Gasteiger partial charge in [-0.3, -0.25) is 10.1 Å². The molecule has 1 atom stereocenters. The van der Waals surface area contributed by atoms with E-state index in [1.807, 2.05) is 0 Å². The molecule has 0 radical (unpaired) electrons. The van der Waals surface area contributed by atoms with Gasteiger partial charge in [-0.2, -0.15) is 0 Å². The van der Waals surface area contributed by atoms with Gasteiger partial charge >= 0.3 is 0 Å². The maximum atomic E-state index is 11.5. The van der Waals surface area contributed by atoms with Gasteiger partial charge in [-0.1, -0.05) is 42.5 Å². The molecule has 2 heterocycles. The summed E-state index contributed by atoms with van der Waals surface area (Å²) in [6, 6.07) is 19.6. The molecule has 7 heteroatoms. The van der Waals surface area contributed by atoms with Gasteiger partial charge in [0.1, 0.15) is 5.69 Å². The Labute approximate surface area is 181 Å². The van der Waals surface area contributed by atoms with Crippen molar-refractivity contribution >= 4 is 34.0 Å². The first-order chi connectivity index (χ1) is 14.7. The number of thiophene rings is 1. The molecule has 5 rings (SSSR count). The van der Waals surface area contributed by atoms with Crippen LogP contribution in [0.3, 0.4) is 0 Å². The third kappa shape index (κ3) is 3.40. The third-order valence-corrected chi connectivity index (χ3v) is 7.19. The monoisotopic (exact) mass is 433 g/mol. The highest BCUT2D eigenvalue weighted by atomic mass is 32.1. The normalized spacial score (nSPS) is 16.4. The fourth-order valence-electron chi connectivity index (χ4n) is 4.12. The van der Waals surface area contributed by atoms with Gasteiger partial charge in [0, 0.05) is 11.4 Å². The standard InChI is InChI=1S/C23H19N3O2S2/c27-26(28)20-11-4-3-10-18(20)24-23-25(21(15-30-23)22-13-6-14-29-22)19-12-5-8-16-7-1-2-9-17(16)19/h1-4,6-7,9-11,13-15,19H,5,8,12H2. The number of benzene rings is 2. The number of nitrogens with zero attached hydrogens (tertiary/aromatic N) is 3. The second kappa shape index (κ2) is 8.01. The molecule has 1 unspecified atom stereocenters. The zero-order valence-electron chi connectivity index (χ0n) is 16.1. The summed E-state index contributed by atoms with van der Waals surface area (Å²) in [6.07, 6.45) is 3.22. The first kappa shape index (κ1) is 19.0. The molecule has 1 aliphatic carbocycles. The molecule has 0 spiro atoms. The highest BCUT2D eigenvalue weighted by molar-refractivity contribution is 7.14. The smallest absolute Gasteiger partial charge is 0.294 e. The van der Waals surface area contributed by atoms with E-state index in [0.29, 0.717) is 5.69 Å². The van der Waals surface area contributed by atoms with Crippen molar-refractivity contribution in [1.82, 2.24) is 4.57 Å². The van der Waals surface area contributed by atoms with E-state index in [9.17, 15) is 10.1 Å². The second-order valence-corrected chi connectivity index (χ2v) is 9.00. The zero-order chi connectivity index (χ0) is 20.5. The van der Waals surface area contributed by atoms with E-state index in [-0.39, 0.29) is 16.7 Å². The van der Waals surface area contributed by atoms with Crippen molar-refractivity contribution in [3.8, 4) is 10.6 Å². The van der Waals surface area contributed by atoms with Crippen LogP contribution in [-0.4, -0.2) is 9.49 Å². The quantitative estimate of drug-likeness (QED) is 0.278. The number of para-hydroxylation sites is 2. The molecule has 1 aliphatic rings. The van der Waals surface area contributed by atoms with Gasteiger partial charge < -0.3 is 4.57 Å². The second-order valence-electron chi connectivity index (χ2n) is 7.22. The van der Waals surface area contributed by atoms with Crippen LogP contribution in [0.1, 0.15) is 30.0 Å². The minimum Gasteiger partial charge on any atom is -0.308 e. The molecule has 2 aromatic carbocycles. The largest absolute Gasteiger partial charge is 0.308 e. The molecule has 0 bridgehead atoms. The molecule has 0 saturated carbocycles. The number of nitro groups is 1. The SMILES string of the molecule is O=[N+]([O-])c1ccccc1N=c1scc(-c2cccs2)n1C1CCCc2ccccc21. The number of nitro benzene ring substituents is 1. The van der Waals surface area contributed by atoms with Crippen LogP contribution >= 0.6 is 22.7 Å². The summed E-state index contributed by atoms with van der Waals surface area (Å²) in [5.41, 5.74) is 4.23. The maximum absolute atomic E-state index is 11.5. The van der Waals surface area contributed by atoms with Crippen molar-refractivity contribution in [3.05, 3.63) is 97.5 Å². The molecule has 0 fully saturated rings. The number of rotatable bonds is 4. The van der Waals surface area contributed by atoms with E-state index in [1.165, 1.54) is 33.4 Å². The average molecular weight is 434 g/mol. The predicted octanol–water partition coefficient (Wildman–Crippen LogP) is 6.34. The summed E-state index contributed by atoms with van der Waals surface area (Å²) in [7, 11) is 0. The Balaban J connectivity index is 1.75. The predicted molar refractivity (Wildman–Crippen MR) is 121 cm³/mol. The van der Waals surface area contributed by atoms with Gasteiger partial charge in [0.05, 0.1) is 21.5 Å². The van der Waals surface area contributed by atoms with Gasteiger partial charge in [0.2, 0.25) is 0 Å². The number of hydrogen-bond acceptors (Lipinski definition) is 5. The Morgan fingerprint density at radius 1 is 1.03 bits per heavy atom. The van der Waals surface area contributed by atoms with Crippen LogP contribution in [0.5, 0.6) is 0 Å². The summed E-state index contributed by atoms with van der Waals surface area (Å²) in [5, 5.41) is 15.7. The highest BCUT2D eigenvalue weighted by Crippen LogP contribution is 2.37. The van der Waals surface area contributed by atoms with Crippen LogP contribution in [0.2, 0.25) is 0 Å². The summed E-state index contributed by atoms with van der Waals surface area (Å²) in [4.78, 5) is 17.9. The first-order valence-electron chi connectivity index (χ1n) is 9.82. The fraction of sp³-hybridized carbons (Fsp3) is 0.174. The Morgan fingerprint density at radius 3 is 2.70 bits per heavy atom. The molecule has 150 valence electrons. The Hall–Kier alpha value is -3.03. The number of aromatic nitrogens is 1. The van der Waals surface area contributed by atoms with Crippen molar-refractivity contribution in [3.63, 3.8) is 0 Å². The Bertz CT molecular complexity index is 1270. The first-order valence-corrected chi connectivity index (χ1v) is 11.6.